The van der Waals surface area contributed by atoms with E-state index in [4.69, 9.17) is 5.11 Å². The van der Waals surface area contributed by atoms with E-state index in [-0.39, 0.29) is 0 Å². The maximum atomic E-state index is 9.01. The number of hydrogen-bond acceptors (Lipinski definition) is 4. The van der Waals surface area contributed by atoms with Crippen molar-refractivity contribution in [3.05, 3.63) is 16.1 Å². The summed E-state index contributed by atoms with van der Waals surface area (Å²) < 4.78 is 0. The second-order valence-electron chi connectivity index (χ2n) is 3.89. The standard InChI is InChI=1S/C10H16N2OS/c1-7-10(14-6-12-7)9-3-2-8(5-13)4-11-9/h6,8-9,11,13H,2-5H2,1H3. The first-order valence-corrected chi connectivity index (χ1v) is 5.93. The van der Waals surface area contributed by atoms with Gasteiger partial charge in [-0.3, -0.25) is 0 Å². The van der Waals surface area contributed by atoms with Crippen molar-refractivity contribution in [2.45, 2.75) is 25.8 Å². The number of aliphatic hydroxyl groups excluding tert-OH is 1. The van der Waals surface area contributed by atoms with Crippen molar-refractivity contribution in [2.75, 3.05) is 13.2 Å². The second kappa shape index (κ2) is 4.38. The molecule has 1 fully saturated rings. The van der Waals surface area contributed by atoms with Crippen LogP contribution >= 0.6 is 11.3 Å². The molecule has 2 atom stereocenters. The van der Waals surface area contributed by atoms with E-state index in [0.29, 0.717) is 18.6 Å². The average molecular weight is 212 g/mol. The molecule has 0 aromatic carbocycles. The van der Waals surface area contributed by atoms with Crippen molar-refractivity contribution in [1.29, 1.82) is 0 Å². The summed E-state index contributed by atoms with van der Waals surface area (Å²) in [4.78, 5) is 5.62. The fraction of sp³-hybridized carbons (Fsp3) is 0.700. The molecule has 1 aromatic rings. The summed E-state index contributed by atoms with van der Waals surface area (Å²) in [6.45, 7) is 3.30. The van der Waals surface area contributed by atoms with Gasteiger partial charge in [-0.25, -0.2) is 4.98 Å². The molecule has 2 N–H and O–H groups in total. The van der Waals surface area contributed by atoms with Gasteiger partial charge in [0.1, 0.15) is 0 Å². The number of rotatable bonds is 2. The predicted octanol–water partition coefficient (Wildman–Crippen LogP) is 1.48. The molecule has 78 valence electrons. The van der Waals surface area contributed by atoms with Crippen LogP contribution in [0.2, 0.25) is 0 Å². The van der Waals surface area contributed by atoms with Crippen molar-refractivity contribution >= 4 is 11.3 Å². The summed E-state index contributed by atoms with van der Waals surface area (Å²) in [5, 5.41) is 12.5. The monoisotopic (exact) mass is 212 g/mol. The topological polar surface area (TPSA) is 45.2 Å². The number of thiazole rings is 1. The fourth-order valence-electron chi connectivity index (χ4n) is 1.94. The highest BCUT2D eigenvalue weighted by Gasteiger charge is 2.23. The van der Waals surface area contributed by atoms with Gasteiger partial charge in [0.05, 0.1) is 11.2 Å². The Labute approximate surface area is 88.2 Å². The highest BCUT2D eigenvalue weighted by atomic mass is 32.1. The van der Waals surface area contributed by atoms with E-state index >= 15 is 0 Å². The number of nitrogens with one attached hydrogen (secondary N) is 1. The lowest BCUT2D eigenvalue weighted by atomic mass is 9.94. The van der Waals surface area contributed by atoms with Crippen LogP contribution in [0.1, 0.15) is 29.5 Å². The zero-order valence-electron chi connectivity index (χ0n) is 8.36. The first-order chi connectivity index (χ1) is 6.81. The first kappa shape index (κ1) is 10.1. The number of piperidine rings is 1. The summed E-state index contributed by atoms with van der Waals surface area (Å²) in [6, 6.07) is 0.463. The van der Waals surface area contributed by atoms with Crippen molar-refractivity contribution in [3.63, 3.8) is 0 Å². The van der Waals surface area contributed by atoms with Crippen LogP contribution in [0, 0.1) is 12.8 Å². The molecule has 4 heteroatoms. The van der Waals surface area contributed by atoms with Crippen LogP contribution < -0.4 is 5.32 Å². The summed E-state index contributed by atoms with van der Waals surface area (Å²) in [5.74, 6) is 0.444. The highest BCUT2D eigenvalue weighted by molar-refractivity contribution is 7.09. The maximum absolute atomic E-state index is 9.01. The van der Waals surface area contributed by atoms with E-state index in [1.165, 1.54) is 4.88 Å². The first-order valence-electron chi connectivity index (χ1n) is 5.05. The van der Waals surface area contributed by atoms with Crippen LogP contribution in [0.5, 0.6) is 0 Å². The average Bonchev–Trinajstić information content (AvgIpc) is 2.65. The molecule has 1 aliphatic rings. The molecule has 3 nitrogen and oxygen atoms in total. The molecule has 1 aliphatic heterocycles. The van der Waals surface area contributed by atoms with E-state index in [1.54, 1.807) is 11.3 Å². The molecule has 0 amide bonds. The van der Waals surface area contributed by atoms with Gasteiger partial charge in [-0.05, 0) is 25.7 Å². The Morgan fingerprint density at radius 2 is 2.50 bits per heavy atom. The zero-order valence-corrected chi connectivity index (χ0v) is 9.18. The van der Waals surface area contributed by atoms with Gasteiger partial charge in [-0.2, -0.15) is 0 Å². The normalized spacial score (nSPS) is 27.9. The molecular formula is C10H16N2OS. The SMILES string of the molecule is Cc1ncsc1C1CCC(CO)CN1. The van der Waals surface area contributed by atoms with Gasteiger partial charge in [0.15, 0.2) is 0 Å². The van der Waals surface area contributed by atoms with Gasteiger partial charge in [0.2, 0.25) is 0 Å². The maximum Gasteiger partial charge on any atom is 0.0798 e. The van der Waals surface area contributed by atoms with E-state index in [0.717, 1.165) is 25.1 Å². The lowest BCUT2D eigenvalue weighted by Crippen LogP contribution is -2.34. The minimum Gasteiger partial charge on any atom is -0.396 e. The molecule has 2 heterocycles. The van der Waals surface area contributed by atoms with Crippen LogP contribution in [0.25, 0.3) is 0 Å². The molecule has 0 saturated carbocycles. The van der Waals surface area contributed by atoms with Gasteiger partial charge >= 0.3 is 0 Å². The van der Waals surface area contributed by atoms with Gasteiger partial charge in [0.25, 0.3) is 0 Å². The molecule has 2 unspecified atom stereocenters. The Kier molecular flexibility index (Phi) is 3.15. The van der Waals surface area contributed by atoms with Crippen molar-refractivity contribution in [2.24, 2.45) is 5.92 Å². The van der Waals surface area contributed by atoms with E-state index in [1.807, 2.05) is 5.51 Å². The minimum absolute atomic E-state index is 0.307. The Bertz CT molecular complexity index is 292. The van der Waals surface area contributed by atoms with E-state index in [2.05, 4.69) is 17.2 Å². The van der Waals surface area contributed by atoms with Crippen molar-refractivity contribution < 1.29 is 5.11 Å². The Morgan fingerprint density at radius 3 is 3.00 bits per heavy atom. The molecule has 0 bridgehead atoms. The fourth-order valence-corrected chi connectivity index (χ4v) is 2.85. The zero-order chi connectivity index (χ0) is 9.97. The number of nitrogens with zero attached hydrogens (tertiary/aromatic N) is 1. The molecule has 1 aromatic heterocycles. The summed E-state index contributed by atoms with van der Waals surface area (Å²) in [6.07, 6.45) is 2.24. The molecule has 2 rings (SSSR count). The molecule has 1 saturated heterocycles. The Balaban J connectivity index is 1.99. The number of aryl methyl sites for hydroxylation is 1. The van der Waals surface area contributed by atoms with E-state index in [9.17, 15) is 0 Å². The third-order valence-corrected chi connectivity index (χ3v) is 3.92. The van der Waals surface area contributed by atoms with E-state index < -0.39 is 0 Å². The number of aliphatic hydroxyl groups is 1. The molecule has 0 spiro atoms. The van der Waals surface area contributed by atoms with Gasteiger partial charge < -0.3 is 10.4 Å². The van der Waals surface area contributed by atoms with Crippen LogP contribution in [-0.2, 0) is 0 Å². The van der Waals surface area contributed by atoms with Crippen molar-refractivity contribution in [3.8, 4) is 0 Å². The van der Waals surface area contributed by atoms with Crippen LogP contribution in [0.3, 0.4) is 0 Å². The summed E-state index contributed by atoms with van der Waals surface area (Å²) >= 11 is 1.73. The Hall–Kier alpha value is -0.450. The van der Waals surface area contributed by atoms with Gasteiger partial charge in [-0.15, -0.1) is 11.3 Å². The van der Waals surface area contributed by atoms with Crippen LogP contribution in [0.4, 0.5) is 0 Å². The van der Waals surface area contributed by atoms with Crippen molar-refractivity contribution in [1.82, 2.24) is 10.3 Å². The Morgan fingerprint density at radius 1 is 1.64 bits per heavy atom. The van der Waals surface area contributed by atoms with Crippen LogP contribution in [-0.4, -0.2) is 23.2 Å². The largest absolute Gasteiger partial charge is 0.396 e. The molecule has 14 heavy (non-hydrogen) atoms. The smallest absolute Gasteiger partial charge is 0.0798 e. The molecular weight excluding hydrogens is 196 g/mol. The number of aromatic nitrogens is 1. The number of hydrogen-bond donors (Lipinski definition) is 2. The third kappa shape index (κ3) is 1.97. The summed E-state index contributed by atoms with van der Waals surface area (Å²) in [7, 11) is 0. The quantitative estimate of drug-likeness (QED) is 0.780. The third-order valence-electron chi connectivity index (χ3n) is 2.87. The minimum atomic E-state index is 0.307. The lowest BCUT2D eigenvalue weighted by Gasteiger charge is -2.28. The van der Waals surface area contributed by atoms with Gasteiger partial charge in [0, 0.05) is 24.1 Å². The second-order valence-corrected chi connectivity index (χ2v) is 4.78. The summed E-state index contributed by atoms with van der Waals surface area (Å²) in [5.41, 5.74) is 3.06. The van der Waals surface area contributed by atoms with Crippen LogP contribution in [0.15, 0.2) is 5.51 Å². The van der Waals surface area contributed by atoms with Gasteiger partial charge in [-0.1, -0.05) is 0 Å². The lowest BCUT2D eigenvalue weighted by molar-refractivity contribution is 0.184. The highest BCUT2D eigenvalue weighted by Crippen LogP contribution is 2.29. The molecule has 0 radical (unpaired) electrons. The molecule has 0 aliphatic carbocycles. The predicted molar refractivity (Wildman–Crippen MR) is 57.4 cm³/mol.